The predicted molar refractivity (Wildman–Crippen MR) is 98.5 cm³/mol. The number of carbonyl (C=O) groups excluding carboxylic acids is 1. The maximum absolute atomic E-state index is 14.3. The fraction of sp³-hybridized carbons (Fsp3) is 0.350. The first-order valence-electron chi connectivity index (χ1n) is 8.51. The number of carbonyl (C=O) groups is 1. The van der Waals surface area contributed by atoms with Gasteiger partial charge in [-0.3, -0.25) is 5.32 Å². The fourth-order valence-corrected chi connectivity index (χ4v) is 2.62. The third kappa shape index (κ3) is 4.65. The third-order valence-corrected chi connectivity index (χ3v) is 4.00. The molecule has 0 bridgehead atoms. The van der Waals surface area contributed by atoms with Crippen molar-refractivity contribution in [2.75, 3.05) is 19.0 Å². The van der Waals surface area contributed by atoms with Crippen LogP contribution in [0, 0.1) is 12.7 Å². The highest BCUT2D eigenvalue weighted by Gasteiger charge is 2.15. The number of hydrogen-bond donors (Lipinski definition) is 1. The molecular weight excluding hydrogens is 337 g/mol. The van der Waals surface area contributed by atoms with Crippen LogP contribution in [-0.2, 0) is 17.8 Å². The van der Waals surface area contributed by atoms with Gasteiger partial charge in [0.15, 0.2) is 11.6 Å². The molecule has 0 saturated heterocycles. The molecule has 0 fully saturated rings. The number of anilines is 1. The van der Waals surface area contributed by atoms with Crippen LogP contribution in [0.15, 0.2) is 30.3 Å². The van der Waals surface area contributed by atoms with Crippen molar-refractivity contribution in [1.82, 2.24) is 0 Å². The molecule has 0 spiro atoms. The topological polar surface area (TPSA) is 56.8 Å². The molecule has 2 rings (SSSR count). The van der Waals surface area contributed by atoms with Gasteiger partial charge < -0.3 is 14.2 Å². The number of amides is 1. The molecule has 0 radical (unpaired) electrons. The first-order valence-corrected chi connectivity index (χ1v) is 8.51. The van der Waals surface area contributed by atoms with Crippen molar-refractivity contribution in [3.63, 3.8) is 0 Å². The lowest BCUT2D eigenvalue weighted by molar-refractivity contribution is 0.187. The maximum Gasteiger partial charge on any atom is 0.411 e. The molecular formula is C20H24FNO4. The Balaban J connectivity index is 2.30. The Bertz CT molecular complexity index is 777. The highest BCUT2D eigenvalue weighted by atomic mass is 19.1. The molecule has 140 valence electrons. The number of methoxy groups -OCH3 is 1. The number of nitrogens with one attached hydrogen (secondary N) is 1. The lowest BCUT2D eigenvalue weighted by Crippen LogP contribution is -2.14. The van der Waals surface area contributed by atoms with Gasteiger partial charge >= 0.3 is 6.09 Å². The van der Waals surface area contributed by atoms with Gasteiger partial charge in [-0.15, -0.1) is 0 Å². The van der Waals surface area contributed by atoms with Crippen molar-refractivity contribution >= 4 is 11.8 Å². The number of rotatable bonds is 7. The molecule has 0 aliphatic heterocycles. The maximum atomic E-state index is 14.3. The van der Waals surface area contributed by atoms with Gasteiger partial charge in [-0.2, -0.15) is 0 Å². The summed E-state index contributed by atoms with van der Waals surface area (Å²) >= 11 is 0. The number of ether oxygens (including phenoxy) is 3. The third-order valence-electron chi connectivity index (χ3n) is 4.00. The van der Waals surface area contributed by atoms with E-state index in [1.807, 2.05) is 20.8 Å². The smallest absolute Gasteiger partial charge is 0.411 e. The summed E-state index contributed by atoms with van der Waals surface area (Å²) in [6.45, 7) is 6.25. The van der Waals surface area contributed by atoms with E-state index in [0.717, 1.165) is 17.5 Å². The first kappa shape index (κ1) is 19.6. The number of halogens is 1. The second-order valence-corrected chi connectivity index (χ2v) is 5.68. The van der Waals surface area contributed by atoms with E-state index in [0.29, 0.717) is 23.6 Å². The molecule has 2 aromatic carbocycles. The largest absolute Gasteiger partial charge is 0.493 e. The Morgan fingerprint density at radius 1 is 1.15 bits per heavy atom. The predicted octanol–water partition coefficient (Wildman–Crippen LogP) is 4.85. The Hall–Kier alpha value is -2.76. The van der Waals surface area contributed by atoms with Gasteiger partial charge in [0.25, 0.3) is 0 Å². The van der Waals surface area contributed by atoms with E-state index in [4.69, 9.17) is 9.47 Å². The van der Waals surface area contributed by atoms with Crippen molar-refractivity contribution in [3.05, 3.63) is 52.8 Å². The monoisotopic (exact) mass is 361 g/mol. The Morgan fingerprint density at radius 2 is 1.92 bits per heavy atom. The second-order valence-electron chi connectivity index (χ2n) is 5.68. The lowest BCUT2D eigenvalue weighted by Gasteiger charge is -2.17. The molecule has 2 aromatic rings. The Morgan fingerprint density at radius 3 is 2.58 bits per heavy atom. The number of benzene rings is 2. The van der Waals surface area contributed by atoms with E-state index in [-0.39, 0.29) is 12.4 Å². The van der Waals surface area contributed by atoms with Gasteiger partial charge in [0.1, 0.15) is 12.4 Å². The average Bonchev–Trinajstić information content (AvgIpc) is 2.63. The van der Waals surface area contributed by atoms with Crippen LogP contribution in [-0.4, -0.2) is 19.8 Å². The summed E-state index contributed by atoms with van der Waals surface area (Å²) < 4.78 is 30.2. The Labute approximate surface area is 153 Å². The summed E-state index contributed by atoms with van der Waals surface area (Å²) in [6.07, 6.45) is 0.151. The van der Waals surface area contributed by atoms with E-state index < -0.39 is 11.9 Å². The molecule has 1 amide bonds. The summed E-state index contributed by atoms with van der Waals surface area (Å²) in [4.78, 5) is 11.6. The minimum absolute atomic E-state index is 0.0390. The van der Waals surface area contributed by atoms with Crippen molar-refractivity contribution in [2.24, 2.45) is 0 Å². The van der Waals surface area contributed by atoms with Crippen molar-refractivity contribution in [2.45, 2.75) is 33.8 Å². The zero-order valence-corrected chi connectivity index (χ0v) is 15.5. The minimum atomic E-state index is -0.603. The Kier molecular flexibility index (Phi) is 6.83. The van der Waals surface area contributed by atoms with E-state index in [9.17, 15) is 9.18 Å². The van der Waals surface area contributed by atoms with E-state index in [1.165, 1.54) is 13.2 Å². The van der Waals surface area contributed by atoms with Gasteiger partial charge in [-0.05, 0) is 55.7 Å². The summed E-state index contributed by atoms with van der Waals surface area (Å²) in [5.74, 6) is 0.308. The van der Waals surface area contributed by atoms with E-state index in [1.54, 1.807) is 24.3 Å². The molecule has 26 heavy (non-hydrogen) atoms. The zero-order chi connectivity index (χ0) is 19.1. The number of aryl methyl sites for hydroxylation is 2. The molecule has 5 nitrogen and oxygen atoms in total. The molecule has 0 aromatic heterocycles. The van der Waals surface area contributed by atoms with Gasteiger partial charge in [-0.1, -0.05) is 13.0 Å². The SMILES string of the molecule is CCOc1cccc(NC(=O)OC)c1COc1cc(C)c(CC)cc1F. The van der Waals surface area contributed by atoms with Crippen LogP contribution in [0.5, 0.6) is 11.5 Å². The molecule has 0 aliphatic carbocycles. The lowest BCUT2D eigenvalue weighted by atomic mass is 10.1. The van der Waals surface area contributed by atoms with Crippen molar-refractivity contribution in [3.8, 4) is 11.5 Å². The zero-order valence-electron chi connectivity index (χ0n) is 15.5. The second kappa shape index (κ2) is 9.08. The van der Waals surface area contributed by atoms with E-state index in [2.05, 4.69) is 10.1 Å². The molecule has 0 heterocycles. The highest BCUT2D eigenvalue weighted by molar-refractivity contribution is 5.86. The standard InChI is InChI=1S/C20H24FNO4/c1-5-14-11-16(21)19(10-13(14)3)26-12-15-17(22-20(23)24-4)8-7-9-18(15)25-6-2/h7-11H,5-6,12H2,1-4H3,(H,22,23). The van der Waals surface area contributed by atoms with Crippen LogP contribution in [0.2, 0.25) is 0 Å². The van der Waals surface area contributed by atoms with Gasteiger partial charge in [0, 0.05) is 0 Å². The molecule has 1 N–H and O–H groups in total. The highest BCUT2D eigenvalue weighted by Crippen LogP contribution is 2.30. The van der Waals surface area contributed by atoms with Crippen LogP contribution >= 0.6 is 0 Å². The summed E-state index contributed by atoms with van der Waals surface area (Å²) in [6, 6.07) is 8.41. The van der Waals surface area contributed by atoms with Gasteiger partial charge in [0.05, 0.1) is 25.0 Å². The molecule has 0 aliphatic rings. The van der Waals surface area contributed by atoms with Gasteiger partial charge in [-0.25, -0.2) is 9.18 Å². The fourth-order valence-electron chi connectivity index (χ4n) is 2.62. The molecule has 0 unspecified atom stereocenters. The van der Waals surface area contributed by atoms with Crippen LogP contribution in [0.1, 0.15) is 30.5 Å². The summed E-state index contributed by atoms with van der Waals surface area (Å²) in [7, 11) is 1.28. The normalized spacial score (nSPS) is 10.3. The van der Waals surface area contributed by atoms with Crippen LogP contribution in [0.25, 0.3) is 0 Å². The summed E-state index contributed by atoms with van der Waals surface area (Å²) in [5, 5.41) is 2.62. The van der Waals surface area contributed by atoms with Crippen LogP contribution < -0.4 is 14.8 Å². The van der Waals surface area contributed by atoms with Crippen molar-refractivity contribution in [1.29, 1.82) is 0 Å². The molecule has 0 atom stereocenters. The molecule has 6 heteroatoms. The van der Waals surface area contributed by atoms with Crippen LogP contribution in [0.3, 0.4) is 0 Å². The first-order chi connectivity index (χ1) is 12.5. The van der Waals surface area contributed by atoms with E-state index >= 15 is 0 Å². The van der Waals surface area contributed by atoms with Crippen molar-refractivity contribution < 1.29 is 23.4 Å². The summed E-state index contributed by atoms with van der Waals surface area (Å²) in [5.41, 5.74) is 3.01. The molecule has 0 saturated carbocycles. The van der Waals surface area contributed by atoms with Crippen LogP contribution in [0.4, 0.5) is 14.9 Å². The quantitative estimate of drug-likeness (QED) is 0.766. The minimum Gasteiger partial charge on any atom is -0.493 e. The van der Waals surface area contributed by atoms with Gasteiger partial charge in [0.2, 0.25) is 0 Å². The number of hydrogen-bond acceptors (Lipinski definition) is 4. The average molecular weight is 361 g/mol.